The molecule has 19 heavy (non-hydrogen) atoms. The third kappa shape index (κ3) is 4.84. The summed E-state index contributed by atoms with van der Waals surface area (Å²) in [6.45, 7) is 3.52. The van der Waals surface area contributed by atoms with E-state index in [0.717, 1.165) is 18.7 Å². The largest absolute Gasteiger partial charge is 0.497 e. The van der Waals surface area contributed by atoms with Gasteiger partial charge in [-0.3, -0.25) is 0 Å². The second-order valence-corrected chi connectivity index (χ2v) is 5.49. The van der Waals surface area contributed by atoms with E-state index >= 15 is 0 Å². The molecule has 1 N–H and O–H groups in total. The molecule has 106 valence electrons. The predicted octanol–water partition coefficient (Wildman–Crippen LogP) is 2.31. The summed E-state index contributed by atoms with van der Waals surface area (Å²) in [5, 5.41) is 3.70. The van der Waals surface area contributed by atoms with Crippen molar-refractivity contribution < 1.29 is 4.74 Å². The minimum atomic E-state index is 0.690. The molecular formula is C16H26N2O. The van der Waals surface area contributed by atoms with Crippen LogP contribution in [0.2, 0.25) is 0 Å². The van der Waals surface area contributed by atoms with Gasteiger partial charge in [0.15, 0.2) is 0 Å². The summed E-state index contributed by atoms with van der Waals surface area (Å²) in [5.41, 5.74) is 1.34. The van der Waals surface area contributed by atoms with Gasteiger partial charge in [-0.25, -0.2) is 0 Å². The number of nitrogens with zero attached hydrogens (tertiary/aromatic N) is 1. The Balaban J connectivity index is 1.73. The topological polar surface area (TPSA) is 24.5 Å². The molecule has 1 aromatic rings. The second kappa shape index (κ2) is 7.51. The Hall–Kier alpha value is -1.06. The summed E-state index contributed by atoms with van der Waals surface area (Å²) in [5.74, 6) is 0.952. The Morgan fingerprint density at radius 3 is 3.05 bits per heavy atom. The van der Waals surface area contributed by atoms with Crippen molar-refractivity contribution in [2.45, 2.75) is 31.7 Å². The molecule has 1 aliphatic heterocycles. The number of hydrogen-bond acceptors (Lipinski definition) is 3. The van der Waals surface area contributed by atoms with Crippen LogP contribution in [0.5, 0.6) is 5.75 Å². The molecule has 1 heterocycles. The Labute approximate surface area is 116 Å². The van der Waals surface area contributed by atoms with Gasteiger partial charge in [0.05, 0.1) is 7.11 Å². The molecule has 0 aromatic heterocycles. The first-order valence-corrected chi connectivity index (χ1v) is 7.33. The molecule has 3 nitrogen and oxygen atoms in total. The zero-order valence-corrected chi connectivity index (χ0v) is 12.2. The Morgan fingerprint density at radius 1 is 1.32 bits per heavy atom. The van der Waals surface area contributed by atoms with Crippen molar-refractivity contribution in [2.24, 2.45) is 0 Å². The first kappa shape index (κ1) is 14.4. The van der Waals surface area contributed by atoms with Gasteiger partial charge in [-0.1, -0.05) is 12.1 Å². The van der Waals surface area contributed by atoms with Gasteiger partial charge in [0.25, 0.3) is 0 Å². The van der Waals surface area contributed by atoms with Crippen LogP contribution in [0.15, 0.2) is 24.3 Å². The minimum absolute atomic E-state index is 0.690. The van der Waals surface area contributed by atoms with Crippen LogP contribution in [0, 0.1) is 0 Å². The summed E-state index contributed by atoms with van der Waals surface area (Å²) in [4.78, 5) is 2.43. The lowest BCUT2D eigenvalue weighted by atomic mass is 10.1. The highest BCUT2D eigenvalue weighted by Crippen LogP contribution is 2.13. The lowest BCUT2D eigenvalue weighted by Crippen LogP contribution is -2.31. The van der Waals surface area contributed by atoms with Crippen LogP contribution in [0.3, 0.4) is 0 Å². The predicted molar refractivity (Wildman–Crippen MR) is 79.8 cm³/mol. The highest BCUT2D eigenvalue weighted by Gasteiger charge is 2.13. The van der Waals surface area contributed by atoms with Gasteiger partial charge in [0.2, 0.25) is 0 Å². The van der Waals surface area contributed by atoms with E-state index in [1.54, 1.807) is 7.11 Å². The van der Waals surface area contributed by atoms with Gasteiger partial charge in [0.1, 0.15) is 5.75 Å². The molecule has 1 aliphatic rings. The smallest absolute Gasteiger partial charge is 0.119 e. The average molecular weight is 262 g/mol. The van der Waals surface area contributed by atoms with Crippen molar-refractivity contribution in [2.75, 3.05) is 33.8 Å². The van der Waals surface area contributed by atoms with Crippen LogP contribution < -0.4 is 10.1 Å². The van der Waals surface area contributed by atoms with Crippen LogP contribution in [-0.4, -0.2) is 44.7 Å². The second-order valence-electron chi connectivity index (χ2n) is 5.49. The van der Waals surface area contributed by atoms with E-state index in [9.17, 15) is 0 Å². The average Bonchev–Trinajstić information content (AvgIpc) is 2.64. The molecule has 1 aromatic carbocycles. The van der Waals surface area contributed by atoms with E-state index in [1.807, 2.05) is 6.07 Å². The van der Waals surface area contributed by atoms with E-state index < -0.39 is 0 Å². The zero-order valence-electron chi connectivity index (χ0n) is 12.2. The van der Waals surface area contributed by atoms with Gasteiger partial charge in [-0.2, -0.15) is 0 Å². The maximum atomic E-state index is 5.25. The van der Waals surface area contributed by atoms with Crippen molar-refractivity contribution in [3.8, 4) is 5.75 Å². The van der Waals surface area contributed by atoms with Gasteiger partial charge in [-0.15, -0.1) is 0 Å². The van der Waals surface area contributed by atoms with E-state index in [2.05, 4.69) is 35.5 Å². The van der Waals surface area contributed by atoms with Crippen LogP contribution in [0.1, 0.15) is 24.8 Å². The molecule has 1 saturated heterocycles. The molecule has 0 radical (unpaired) electrons. The van der Waals surface area contributed by atoms with E-state index in [-0.39, 0.29) is 0 Å². The molecule has 0 amide bonds. The maximum absolute atomic E-state index is 5.25. The first-order chi connectivity index (χ1) is 9.28. The fourth-order valence-corrected chi connectivity index (χ4v) is 2.69. The molecular weight excluding hydrogens is 236 g/mol. The van der Waals surface area contributed by atoms with Crippen molar-refractivity contribution in [1.82, 2.24) is 10.2 Å². The summed E-state index contributed by atoms with van der Waals surface area (Å²) in [7, 11) is 3.94. The van der Waals surface area contributed by atoms with Crippen LogP contribution in [0.25, 0.3) is 0 Å². The monoisotopic (exact) mass is 262 g/mol. The summed E-state index contributed by atoms with van der Waals surface area (Å²) >= 11 is 0. The number of methoxy groups -OCH3 is 1. The summed E-state index contributed by atoms with van der Waals surface area (Å²) in [6.07, 6.45) is 4.97. The number of nitrogens with one attached hydrogen (secondary N) is 1. The molecule has 0 saturated carbocycles. The maximum Gasteiger partial charge on any atom is 0.119 e. The first-order valence-electron chi connectivity index (χ1n) is 7.33. The molecule has 1 fully saturated rings. The van der Waals surface area contributed by atoms with Crippen molar-refractivity contribution >= 4 is 0 Å². The Bertz CT molecular complexity index is 381. The highest BCUT2D eigenvalue weighted by molar-refractivity contribution is 5.28. The quantitative estimate of drug-likeness (QED) is 0.881. The molecule has 1 atom stereocenters. The van der Waals surface area contributed by atoms with Crippen LogP contribution >= 0.6 is 0 Å². The number of rotatable bonds is 5. The number of likely N-dealkylation sites (tertiary alicyclic amines) is 1. The SMILES string of the molecule is COc1cccc(CCNC2CCCN(C)CC2)c1. The summed E-state index contributed by atoms with van der Waals surface area (Å²) in [6, 6.07) is 9.05. The van der Waals surface area contributed by atoms with Gasteiger partial charge in [0, 0.05) is 6.04 Å². The van der Waals surface area contributed by atoms with E-state index in [4.69, 9.17) is 4.74 Å². The number of benzene rings is 1. The molecule has 3 heteroatoms. The lowest BCUT2D eigenvalue weighted by molar-refractivity contribution is 0.344. The van der Waals surface area contributed by atoms with E-state index in [0.29, 0.717) is 6.04 Å². The van der Waals surface area contributed by atoms with Crippen LogP contribution in [-0.2, 0) is 6.42 Å². The zero-order chi connectivity index (χ0) is 13.5. The van der Waals surface area contributed by atoms with Crippen LogP contribution in [0.4, 0.5) is 0 Å². The Morgan fingerprint density at radius 2 is 2.21 bits per heavy atom. The molecule has 0 bridgehead atoms. The van der Waals surface area contributed by atoms with E-state index in [1.165, 1.54) is 37.9 Å². The fraction of sp³-hybridized carbons (Fsp3) is 0.625. The van der Waals surface area contributed by atoms with Gasteiger partial charge >= 0.3 is 0 Å². The van der Waals surface area contributed by atoms with Crippen molar-refractivity contribution in [1.29, 1.82) is 0 Å². The molecule has 0 aliphatic carbocycles. The Kier molecular flexibility index (Phi) is 5.67. The standard InChI is InChI=1S/C16H26N2O/c1-18-11-4-6-15(9-12-18)17-10-8-14-5-3-7-16(13-14)19-2/h3,5,7,13,15,17H,4,6,8-12H2,1-2H3. The molecule has 0 spiro atoms. The number of ether oxygens (including phenoxy) is 1. The van der Waals surface area contributed by atoms with Gasteiger partial charge < -0.3 is 15.0 Å². The van der Waals surface area contributed by atoms with Gasteiger partial charge in [-0.05, 0) is 70.1 Å². The fourth-order valence-electron chi connectivity index (χ4n) is 2.69. The highest BCUT2D eigenvalue weighted by atomic mass is 16.5. The lowest BCUT2D eigenvalue weighted by Gasteiger charge is -2.16. The minimum Gasteiger partial charge on any atom is -0.497 e. The summed E-state index contributed by atoms with van der Waals surface area (Å²) < 4.78 is 5.25. The number of hydrogen-bond donors (Lipinski definition) is 1. The molecule has 1 unspecified atom stereocenters. The normalized spacial score (nSPS) is 21.1. The molecule has 2 rings (SSSR count). The van der Waals surface area contributed by atoms with Crippen molar-refractivity contribution in [3.05, 3.63) is 29.8 Å². The van der Waals surface area contributed by atoms with Crippen molar-refractivity contribution in [3.63, 3.8) is 0 Å². The third-order valence-corrected chi connectivity index (χ3v) is 3.93. The third-order valence-electron chi connectivity index (χ3n) is 3.93.